The van der Waals surface area contributed by atoms with Gasteiger partial charge in [-0.25, -0.2) is 4.39 Å². The van der Waals surface area contributed by atoms with Crippen molar-refractivity contribution >= 4 is 23.3 Å². The molecule has 0 saturated heterocycles. The molecule has 2 aromatic carbocycles. The molecule has 2 rings (SSSR count). The molecule has 1 amide bonds. The van der Waals surface area contributed by atoms with Crippen LogP contribution in [0.3, 0.4) is 0 Å². The monoisotopic (exact) mass is 346 g/mol. The molecule has 0 atom stereocenters. The van der Waals surface area contributed by atoms with E-state index in [9.17, 15) is 24.1 Å². The first-order valence-electron chi connectivity index (χ1n) is 7.40. The number of nitro groups is 1. The lowest BCUT2D eigenvalue weighted by Gasteiger charge is -2.22. The van der Waals surface area contributed by atoms with E-state index < -0.39 is 29.2 Å². The molecule has 7 nitrogen and oxygen atoms in total. The number of rotatable bonds is 6. The summed E-state index contributed by atoms with van der Waals surface area (Å²) in [7, 11) is 0. The van der Waals surface area contributed by atoms with Crippen LogP contribution in [0.15, 0.2) is 48.5 Å². The molecule has 0 aliphatic rings. The number of carbonyl (C=O) groups is 2. The Morgan fingerprint density at radius 1 is 1.16 bits per heavy atom. The number of ether oxygens (including phenoxy) is 1. The standard InChI is InChI=1S/C17H15FN2O5/c1-2-25-16(21)11-19(12-7-9-13(10-8-12)20(23)24)17(22)14-5-3-4-6-15(14)18/h3-10H,2,11H2,1H3. The quantitative estimate of drug-likeness (QED) is 0.456. The van der Waals surface area contributed by atoms with Crippen LogP contribution in [0.25, 0.3) is 0 Å². The van der Waals surface area contributed by atoms with Gasteiger partial charge in [-0.2, -0.15) is 0 Å². The summed E-state index contributed by atoms with van der Waals surface area (Å²) in [6.07, 6.45) is 0. The number of nitrogens with zero attached hydrogens (tertiary/aromatic N) is 2. The molecule has 0 aromatic heterocycles. The third-order valence-corrected chi connectivity index (χ3v) is 3.31. The fourth-order valence-electron chi connectivity index (χ4n) is 2.15. The van der Waals surface area contributed by atoms with E-state index in [1.807, 2.05) is 0 Å². The minimum atomic E-state index is -0.750. The van der Waals surface area contributed by atoms with Gasteiger partial charge < -0.3 is 4.74 Å². The zero-order valence-electron chi connectivity index (χ0n) is 13.3. The van der Waals surface area contributed by atoms with Crippen LogP contribution in [0.5, 0.6) is 0 Å². The number of carbonyl (C=O) groups excluding carboxylic acids is 2. The molecule has 0 aliphatic carbocycles. The second-order valence-electron chi connectivity index (χ2n) is 4.95. The fraction of sp³-hybridized carbons (Fsp3) is 0.176. The van der Waals surface area contributed by atoms with E-state index in [4.69, 9.17) is 4.74 Å². The highest BCUT2D eigenvalue weighted by Gasteiger charge is 2.24. The van der Waals surface area contributed by atoms with Crippen LogP contribution in [0.2, 0.25) is 0 Å². The number of benzene rings is 2. The van der Waals surface area contributed by atoms with Gasteiger partial charge in [-0.15, -0.1) is 0 Å². The highest BCUT2D eigenvalue weighted by atomic mass is 19.1. The molecule has 0 N–H and O–H groups in total. The van der Waals surface area contributed by atoms with E-state index >= 15 is 0 Å². The Labute approximate surface area is 142 Å². The number of anilines is 1. The third kappa shape index (κ3) is 4.37. The Balaban J connectivity index is 2.38. The van der Waals surface area contributed by atoms with Crippen molar-refractivity contribution in [3.8, 4) is 0 Å². The SMILES string of the molecule is CCOC(=O)CN(C(=O)c1ccccc1F)c1ccc([N+](=O)[O-])cc1. The Morgan fingerprint density at radius 2 is 1.80 bits per heavy atom. The summed E-state index contributed by atoms with van der Waals surface area (Å²) < 4.78 is 18.8. The van der Waals surface area contributed by atoms with Crippen LogP contribution in [0.1, 0.15) is 17.3 Å². The highest BCUT2D eigenvalue weighted by molar-refractivity contribution is 6.08. The van der Waals surface area contributed by atoms with Crippen molar-refractivity contribution in [3.05, 3.63) is 70.0 Å². The molecule has 0 unspecified atom stereocenters. The maximum Gasteiger partial charge on any atom is 0.326 e. The predicted octanol–water partition coefficient (Wildman–Crippen LogP) is 2.94. The topological polar surface area (TPSA) is 89.8 Å². The van der Waals surface area contributed by atoms with Gasteiger partial charge in [-0.05, 0) is 31.2 Å². The zero-order chi connectivity index (χ0) is 18.4. The first kappa shape index (κ1) is 18.1. The second-order valence-corrected chi connectivity index (χ2v) is 4.95. The number of hydrogen-bond donors (Lipinski definition) is 0. The summed E-state index contributed by atoms with van der Waals surface area (Å²) in [6.45, 7) is 1.30. The summed E-state index contributed by atoms with van der Waals surface area (Å²) in [6, 6.07) is 10.4. The van der Waals surface area contributed by atoms with Crippen LogP contribution in [0.4, 0.5) is 15.8 Å². The summed E-state index contributed by atoms with van der Waals surface area (Å²) in [5, 5.41) is 10.7. The van der Waals surface area contributed by atoms with E-state index in [-0.39, 0.29) is 23.5 Å². The lowest BCUT2D eigenvalue weighted by Crippen LogP contribution is -2.37. The molecule has 0 saturated carbocycles. The molecular formula is C17H15FN2O5. The van der Waals surface area contributed by atoms with Crippen molar-refractivity contribution in [1.82, 2.24) is 0 Å². The minimum Gasteiger partial charge on any atom is -0.465 e. The van der Waals surface area contributed by atoms with Crippen LogP contribution in [0, 0.1) is 15.9 Å². The lowest BCUT2D eigenvalue weighted by atomic mass is 10.1. The summed E-state index contributed by atoms with van der Waals surface area (Å²) in [5.41, 5.74) is -0.171. The summed E-state index contributed by atoms with van der Waals surface area (Å²) >= 11 is 0. The van der Waals surface area contributed by atoms with Crippen molar-refractivity contribution in [2.24, 2.45) is 0 Å². The number of esters is 1. The van der Waals surface area contributed by atoms with Crippen molar-refractivity contribution in [2.45, 2.75) is 6.92 Å². The Bertz CT molecular complexity index is 792. The van der Waals surface area contributed by atoms with Gasteiger partial charge in [0.1, 0.15) is 12.4 Å². The number of non-ortho nitro benzene ring substituents is 1. The number of amides is 1. The third-order valence-electron chi connectivity index (χ3n) is 3.31. The van der Waals surface area contributed by atoms with Gasteiger partial charge in [0.25, 0.3) is 11.6 Å². The molecule has 0 aliphatic heterocycles. The number of halogens is 1. The van der Waals surface area contributed by atoms with Gasteiger partial charge in [-0.1, -0.05) is 12.1 Å². The van der Waals surface area contributed by atoms with E-state index in [2.05, 4.69) is 0 Å². The van der Waals surface area contributed by atoms with Gasteiger partial charge in [0, 0.05) is 17.8 Å². The number of hydrogen-bond acceptors (Lipinski definition) is 5. The van der Waals surface area contributed by atoms with E-state index in [0.29, 0.717) is 0 Å². The highest BCUT2D eigenvalue weighted by Crippen LogP contribution is 2.22. The van der Waals surface area contributed by atoms with Crippen LogP contribution in [-0.2, 0) is 9.53 Å². The maximum atomic E-state index is 13.9. The van der Waals surface area contributed by atoms with Gasteiger partial charge in [0.05, 0.1) is 17.1 Å². The van der Waals surface area contributed by atoms with Gasteiger partial charge in [0.15, 0.2) is 0 Å². The normalized spacial score (nSPS) is 10.2. The molecule has 0 spiro atoms. The molecule has 0 heterocycles. The molecule has 0 fully saturated rings. The molecule has 25 heavy (non-hydrogen) atoms. The molecular weight excluding hydrogens is 331 g/mol. The van der Waals surface area contributed by atoms with Crippen LogP contribution < -0.4 is 4.90 Å². The molecule has 0 radical (unpaired) electrons. The Morgan fingerprint density at radius 3 is 2.36 bits per heavy atom. The van der Waals surface area contributed by atoms with Gasteiger partial charge in [-0.3, -0.25) is 24.6 Å². The van der Waals surface area contributed by atoms with Crippen molar-refractivity contribution in [1.29, 1.82) is 0 Å². The first-order valence-corrected chi connectivity index (χ1v) is 7.40. The lowest BCUT2D eigenvalue weighted by molar-refractivity contribution is -0.384. The average Bonchev–Trinajstić information content (AvgIpc) is 2.60. The van der Waals surface area contributed by atoms with E-state index in [1.54, 1.807) is 6.92 Å². The minimum absolute atomic E-state index is 0.126. The van der Waals surface area contributed by atoms with Crippen LogP contribution >= 0.6 is 0 Å². The van der Waals surface area contributed by atoms with Gasteiger partial charge >= 0.3 is 5.97 Å². The largest absolute Gasteiger partial charge is 0.465 e. The summed E-state index contributed by atoms with van der Waals surface area (Å²) in [4.78, 5) is 35.6. The Kier molecular flexibility index (Phi) is 5.78. The van der Waals surface area contributed by atoms with Gasteiger partial charge in [0.2, 0.25) is 0 Å². The van der Waals surface area contributed by atoms with Crippen molar-refractivity contribution < 1.29 is 23.6 Å². The second kappa shape index (κ2) is 8.00. The number of nitro benzene ring substituents is 1. The molecule has 0 bridgehead atoms. The average molecular weight is 346 g/mol. The Hall–Kier alpha value is -3.29. The molecule has 8 heteroatoms. The maximum absolute atomic E-state index is 13.9. The van der Waals surface area contributed by atoms with Crippen molar-refractivity contribution in [2.75, 3.05) is 18.1 Å². The van der Waals surface area contributed by atoms with Crippen LogP contribution in [-0.4, -0.2) is 30.0 Å². The smallest absolute Gasteiger partial charge is 0.326 e. The summed E-state index contributed by atoms with van der Waals surface area (Å²) in [5.74, 6) is -2.16. The fourth-order valence-corrected chi connectivity index (χ4v) is 2.15. The first-order chi connectivity index (χ1) is 11.9. The molecule has 130 valence electrons. The predicted molar refractivity (Wildman–Crippen MR) is 87.8 cm³/mol. The van der Waals surface area contributed by atoms with Crippen molar-refractivity contribution in [3.63, 3.8) is 0 Å². The van der Waals surface area contributed by atoms with E-state index in [1.165, 1.54) is 42.5 Å². The molecule has 2 aromatic rings. The zero-order valence-corrected chi connectivity index (χ0v) is 13.3. The van der Waals surface area contributed by atoms with E-state index in [0.717, 1.165) is 11.0 Å².